The van der Waals surface area contributed by atoms with Crippen molar-refractivity contribution < 1.29 is 4.79 Å². The fourth-order valence-corrected chi connectivity index (χ4v) is 1.81. The standard InChI is InChI=1S/C9H14N2OS/c1-6-3-4-13-9(6)11-8(12)5-7(2)10/h3-4,7H,5,10H2,1-2H3,(H,11,12). The molecule has 4 heteroatoms. The first-order valence-corrected chi connectivity index (χ1v) is 5.07. The van der Waals surface area contributed by atoms with Gasteiger partial charge in [0, 0.05) is 12.5 Å². The third-order valence-electron chi connectivity index (χ3n) is 1.62. The van der Waals surface area contributed by atoms with Crippen LogP contribution in [0.15, 0.2) is 11.4 Å². The Morgan fingerprint density at radius 2 is 2.46 bits per heavy atom. The average Bonchev–Trinajstić information content (AvgIpc) is 2.34. The number of hydrogen-bond donors (Lipinski definition) is 2. The van der Waals surface area contributed by atoms with Gasteiger partial charge < -0.3 is 11.1 Å². The molecular formula is C9H14N2OS. The topological polar surface area (TPSA) is 55.1 Å². The molecule has 1 amide bonds. The van der Waals surface area contributed by atoms with Crippen LogP contribution in [0.3, 0.4) is 0 Å². The lowest BCUT2D eigenvalue weighted by Gasteiger charge is -2.05. The van der Waals surface area contributed by atoms with Gasteiger partial charge in [0.1, 0.15) is 0 Å². The Balaban J connectivity index is 2.50. The highest BCUT2D eigenvalue weighted by molar-refractivity contribution is 7.14. The molecule has 1 heterocycles. The third kappa shape index (κ3) is 3.16. The van der Waals surface area contributed by atoms with Gasteiger partial charge in [-0.2, -0.15) is 0 Å². The Labute approximate surface area is 81.9 Å². The van der Waals surface area contributed by atoms with Crippen LogP contribution in [0.4, 0.5) is 5.00 Å². The van der Waals surface area contributed by atoms with E-state index in [9.17, 15) is 4.79 Å². The highest BCUT2D eigenvalue weighted by Gasteiger charge is 2.07. The maximum absolute atomic E-state index is 11.3. The summed E-state index contributed by atoms with van der Waals surface area (Å²) >= 11 is 1.53. The predicted molar refractivity (Wildman–Crippen MR) is 56.0 cm³/mol. The van der Waals surface area contributed by atoms with Gasteiger partial charge in [-0.25, -0.2) is 0 Å². The zero-order valence-corrected chi connectivity index (χ0v) is 8.65. The number of hydrogen-bond acceptors (Lipinski definition) is 3. The molecule has 3 N–H and O–H groups in total. The van der Waals surface area contributed by atoms with E-state index in [1.165, 1.54) is 11.3 Å². The molecule has 0 aliphatic heterocycles. The number of nitrogens with one attached hydrogen (secondary N) is 1. The second-order valence-electron chi connectivity index (χ2n) is 3.16. The minimum absolute atomic E-state index is 0.0134. The van der Waals surface area contributed by atoms with Crippen LogP contribution in [0.5, 0.6) is 0 Å². The van der Waals surface area contributed by atoms with Crippen LogP contribution >= 0.6 is 11.3 Å². The zero-order valence-electron chi connectivity index (χ0n) is 7.83. The van der Waals surface area contributed by atoms with E-state index in [1.807, 2.05) is 25.3 Å². The van der Waals surface area contributed by atoms with Gasteiger partial charge in [0.15, 0.2) is 0 Å². The van der Waals surface area contributed by atoms with Crippen molar-refractivity contribution in [1.82, 2.24) is 0 Å². The van der Waals surface area contributed by atoms with Crippen LogP contribution in [0.25, 0.3) is 0 Å². The zero-order chi connectivity index (χ0) is 9.84. The molecule has 0 aliphatic rings. The molecular weight excluding hydrogens is 184 g/mol. The van der Waals surface area contributed by atoms with Gasteiger partial charge in [-0.05, 0) is 30.9 Å². The number of aryl methyl sites for hydroxylation is 1. The largest absolute Gasteiger partial charge is 0.327 e. The fourth-order valence-electron chi connectivity index (χ4n) is 0.971. The number of nitrogens with two attached hydrogens (primary N) is 1. The summed E-state index contributed by atoms with van der Waals surface area (Å²) in [4.78, 5) is 11.3. The minimum Gasteiger partial charge on any atom is -0.327 e. The Bertz CT molecular complexity index is 294. The monoisotopic (exact) mass is 198 g/mol. The molecule has 0 bridgehead atoms. The van der Waals surface area contributed by atoms with Crippen LogP contribution in [-0.2, 0) is 4.79 Å². The van der Waals surface area contributed by atoms with Gasteiger partial charge in [0.2, 0.25) is 5.91 Å². The number of thiophene rings is 1. The highest BCUT2D eigenvalue weighted by atomic mass is 32.1. The first-order valence-electron chi connectivity index (χ1n) is 4.19. The lowest BCUT2D eigenvalue weighted by Crippen LogP contribution is -2.23. The molecule has 1 aromatic rings. The minimum atomic E-state index is -0.0831. The maximum atomic E-state index is 11.3. The van der Waals surface area contributed by atoms with Gasteiger partial charge in [-0.15, -0.1) is 11.3 Å². The van der Waals surface area contributed by atoms with E-state index in [2.05, 4.69) is 5.32 Å². The van der Waals surface area contributed by atoms with Crippen molar-refractivity contribution in [3.63, 3.8) is 0 Å². The normalized spacial score (nSPS) is 12.5. The van der Waals surface area contributed by atoms with E-state index in [0.29, 0.717) is 6.42 Å². The molecule has 13 heavy (non-hydrogen) atoms. The van der Waals surface area contributed by atoms with Crippen molar-refractivity contribution in [3.05, 3.63) is 17.0 Å². The van der Waals surface area contributed by atoms with E-state index >= 15 is 0 Å². The molecule has 3 nitrogen and oxygen atoms in total. The van der Waals surface area contributed by atoms with Crippen LogP contribution in [0.2, 0.25) is 0 Å². The molecule has 0 spiro atoms. The number of rotatable bonds is 3. The van der Waals surface area contributed by atoms with Crippen LogP contribution in [0, 0.1) is 6.92 Å². The molecule has 0 fully saturated rings. The quantitative estimate of drug-likeness (QED) is 0.777. The predicted octanol–water partition coefficient (Wildman–Crippen LogP) is 1.73. The summed E-state index contributed by atoms with van der Waals surface area (Å²) in [6, 6.07) is 1.90. The van der Waals surface area contributed by atoms with Crippen molar-refractivity contribution in [2.24, 2.45) is 5.73 Å². The summed E-state index contributed by atoms with van der Waals surface area (Å²) in [7, 11) is 0. The van der Waals surface area contributed by atoms with Gasteiger partial charge >= 0.3 is 0 Å². The van der Waals surface area contributed by atoms with Gasteiger partial charge in [0.25, 0.3) is 0 Å². The second kappa shape index (κ2) is 4.39. The lowest BCUT2D eigenvalue weighted by atomic mass is 10.2. The fraction of sp³-hybridized carbons (Fsp3) is 0.444. The molecule has 1 unspecified atom stereocenters. The first-order chi connectivity index (χ1) is 6.09. The van der Waals surface area contributed by atoms with Gasteiger partial charge in [-0.3, -0.25) is 4.79 Å². The van der Waals surface area contributed by atoms with E-state index in [4.69, 9.17) is 5.73 Å². The number of amides is 1. The van der Waals surface area contributed by atoms with Gasteiger partial charge in [-0.1, -0.05) is 0 Å². The van der Waals surface area contributed by atoms with Crippen molar-refractivity contribution in [2.45, 2.75) is 26.3 Å². The SMILES string of the molecule is Cc1ccsc1NC(=O)CC(C)N. The lowest BCUT2D eigenvalue weighted by molar-refractivity contribution is -0.116. The highest BCUT2D eigenvalue weighted by Crippen LogP contribution is 2.21. The molecule has 0 aliphatic carbocycles. The van der Waals surface area contributed by atoms with E-state index in [0.717, 1.165) is 10.6 Å². The Hall–Kier alpha value is -0.870. The Kier molecular flexibility index (Phi) is 3.45. The first kappa shape index (κ1) is 10.2. The van der Waals surface area contributed by atoms with Crippen molar-refractivity contribution >= 4 is 22.2 Å². The van der Waals surface area contributed by atoms with Crippen LogP contribution < -0.4 is 11.1 Å². The molecule has 0 saturated carbocycles. The number of carbonyl (C=O) groups excluding carboxylic acids is 1. The summed E-state index contributed by atoms with van der Waals surface area (Å²) in [6.45, 7) is 3.79. The molecule has 1 rings (SSSR count). The Morgan fingerprint density at radius 3 is 2.92 bits per heavy atom. The summed E-state index contributed by atoms with van der Waals surface area (Å²) in [5, 5.41) is 5.70. The molecule has 0 aromatic carbocycles. The summed E-state index contributed by atoms with van der Waals surface area (Å²) in [5.41, 5.74) is 6.60. The summed E-state index contributed by atoms with van der Waals surface area (Å²) < 4.78 is 0. The number of anilines is 1. The van der Waals surface area contributed by atoms with Crippen LogP contribution in [0.1, 0.15) is 18.9 Å². The van der Waals surface area contributed by atoms with Crippen molar-refractivity contribution in [2.75, 3.05) is 5.32 Å². The maximum Gasteiger partial charge on any atom is 0.226 e. The summed E-state index contributed by atoms with van der Waals surface area (Å²) in [5.74, 6) is -0.0134. The molecule has 1 atom stereocenters. The Morgan fingerprint density at radius 1 is 1.77 bits per heavy atom. The van der Waals surface area contributed by atoms with Crippen LogP contribution in [-0.4, -0.2) is 11.9 Å². The smallest absolute Gasteiger partial charge is 0.226 e. The average molecular weight is 198 g/mol. The van der Waals surface area contributed by atoms with Crippen molar-refractivity contribution in [1.29, 1.82) is 0 Å². The number of carbonyl (C=O) groups is 1. The summed E-state index contributed by atoms with van der Waals surface area (Å²) in [6.07, 6.45) is 0.372. The molecule has 0 saturated heterocycles. The van der Waals surface area contributed by atoms with E-state index in [-0.39, 0.29) is 11.9 Å². The van der Waals surface area contributed by atoms with Gasteiger partial charge in [0.05, 0.1) is 5.00 Å². The molecule has 1 aromatic heterocycles. The third-order valence-corrected chi connectivity index (χ3v) is 2.55. The van der Waals surface area contributed by atoms with E-state index < -0.39 is 0 Å². The second-order valence-corrected chi connectivity index (χ2v) is 4.08. The molecule has 0 radical (unpaired) electrons. The van der Waals surface area contributed by atoms with Crippen molar-refractivity contribution in [3.8, 4) is 0 Å². The van der Waals surface area contributed by atoms with E-state index in [1.54, 1.807) is 0 Å². The molecule has 72 valence electrons.